The Bertz CT molecular complexity index is 975. The van der Waals surface area contributed by atoms with Gasteiger partial charge in [-0.05, 0) is 48.6 Å². The zero-order valence-corrected chi connectivity index (χ0v) is 17.7. The molecule has 27 heavy (non-hydrogen) atoms. The van der Waals surface area contributed by atoms with Gasteiger partial charge in [-0.15, -0.1) is 17.9 Å². The number of hydrogen-bond acceptors (Lipinski definition) is 5. The van der Waals surface area contributed by atoms with E-state index in [0.717, 1.165) is 34.6 Å². The second kappa shape index (κ2) is 8.84. The van der Waals surface area contributed by atoms with Crippen molar-refractivity contribution >= 4 is 35.2 Å². The molecule has 0 bridgehead atoms. The van der Waals surface area contributed by atoms with E-state index in [4.69, 9.17) is 33.7 Å². The summed E-state index contributed by atoms with van der Waals surface area (Å²) in [6, 6.07) is 11.8. The lowest BCUT2D eigenvalue weighted by Crippen LogP contribution is -2.26. The zero-order valence-electron chi connectivity index (χ0n) is 15.3. The number of halogens is 1. The van der Waals surface area contributed by atoms with Crippen molar-refractivity contribution in [1.29, 1.82) is 0 Å². The molecule has 0 aliphatic carbocycles. The van der Waals surface area contributed by atoms with E-state index in [2.05, 4.69) is 11.5 Å². The maximum Gasteiger partial charge on any atom is 0.199 e. The van der Waals surface area contributed by atoms with Crippen LogP contribution in [0.2, 0.25) is 4.34 Å². The van der Waals surface area contributed by atoms with Gasteiger partial charge in [-0.25, -0.2) is 4.68 Å². The van der Waals surface area contributed by atoms with Crippen LogP contribution < -0.4 is 4.74 Å². The van der Waals surface area contributed by atoms with Crippen LogP contribution in [0.25, 0.3) is 11.4 Å². The van der Waals surface area contributed by atoms with Crippen molar-refractivity contribution in [3.63, 3.8) is 0 Å². The smallest absolute Gasteiger partial charge is 0.199 e. The Balaban J connectivity index is 1.84. The molecule has 0 fully saturated rings. The van der Waals surface area contributed by atoms with Crippen molar-refractivity contribution in [3.05, 3.63) is 63.0 Å². The summed E-state index contributed by atoms with van der Waals surface area (Å²) in [6.45, 7) is 5.93. The van der Waals surface area contributed by atoms with Crippen LogP contribution in [0, 0.1) is 4.77 Å². The van der Waals surface area contributed by atoms with Crippen LogP contribution in [-0.2, 0) is 20.3 Å². The number of aromatic nitrogens is 3. The van der Waals surface area contributed by atoms with Gasteiger partial charge < -0.3 is 9.30 Å². The van der Waals surface area contributed by atoms with E-state index in [1.165, 1.54) is 4.88 Å². The number of ether oxygens (including phenoxy) is 1. The maximum absolute atomic E-state index is 6.05. The van der Waals surface area contributed by atoms with Gasteiger partial charge in [0.2, 0.25) is 0 Å². The number of benzene rings is 1. The van der Waals surface area contributed by atoms with Gasteiger partial charge in [-0.3, -0.25) is 4.90 Å². The van der Waals surface area contributed by atoms with Gasteiger partial charge in [0.15, 0.2) is 10.6 Å². The number of nitrogens with zero attached hydrogens (tertiary/aromatic N) is 4. The van der Waals surface area contributed by atoms with Crippen LogP contribution in [0.15, 0.2) is 49.1 Å². The Morgan fingerprint density at radius 2 is 2.04 bits per heavy atom. The van der Waals surface area contributed by atoms with Gasteiger partial charge >= 0.3 is 0 Å². The monoisotopic (exact) mass is 420 g/mol. The van der Waals surface area contributed by atoms with Crippen LogP contribution in [0.4, 0.5) is 0 Å². The minimum Gasteiger partial charge on any atom is -0.497 e. The zero-order chi connectivity index (χ0) is 19.4. The van der Waals surface area contributed by atoms with Crippen LogP contribution in [0.5, 0.6) is 5.75 Å². The lowest BCUT2D eigenvalue weighted by molar-refractivity contribution is 0.220. The summed E-state index contributed by atoms with van der Waals surface area (Å²) in [5, 5.41) is 4.74. The number of methoxy groups -OCH3 is 1. The number of thiophene rings is 1. The quantitative estimate of drug-likeness (QED) is 0.380. The van der Waals surface area contributed by atoms with E-state index in [9.17, 15) is 0 Å². The SMILES string of the molecule is C=CCN(Cc1ccc(Cl)s1)Cn1nc(-c2ccc(OC)cc2)n(C)c1=S. The lowest BCUT2D eigenvalue weighted by Gasteiger charge is -2.19. The Morgan fingerprint density at radius 1 is 1.30 bits per heavy atom. The molecule has 0 unspecified atom stereocenters. The first kappa shape index (κ1) is 19.8. The molecule has 0 saturated heterocycles. The summed E-state index contributed by atoms with van der Waals surface area (Å²) >= 11 is 13.2. The highest BCUT2D eigenvalue weighted by molar-refractivity contribution is 7.71. The van der Waals surface area contributed by atoms with E-state index < -0.39 is 0 Å². The second-order valence-corrected chi connectivity index (χ2v) is 8.21. The van der Waals surface area contributed by atoms with E-state index >= 15 is 0 Å². The van der Waals surface area contributed by atoms with Gasteiger partial charge in [0, 0.05) is 30.6 Å². The predicted octanol–water partition coefficient (Wildman–Crippen LogP) is 4.99. The second-order valence-electron chi connectivity index (χ2n) is 6.04. The van der Waals surface area contributed by atoms with Crippen LogP contribution in [0.1, 0.15) is 4.88 Å². The van der Waals surface area contributed by atoms with Gasteiger partial charge in [0.1, 0.15) is 5.75 Å². The van der Waals surface area contributed by atoms with Crippen molar-refractivity contribution in [1.82, 2.24) is 19.2 Å². The van der Waals surface area contributed by atoms with Crippen molar-refractivity contribution in [2.45, 2.75) is 13.2 Å². The van der Waals surface area contributed by atoms with Crippen molar-refractivity contribution in [2.24, 2.45) is 7.05 Å². The van der Waals surface area contributed by atoms with E-state index in [0.29, 0.717) is 11.4 Å². The third kappa shape index (κ3) is 4.68. The molecule has 5 nitrogen and oxygen atoms in total. The molecule has 0 amide bonds. The first-order valence-electron chi connectivity index (χ1n) is 8.37. The average Bonchev–Trinajstić information content (AvgIpc) is 3.20. The fraction of sp³-hybridized carbons (Fsp3) is 0.263. The highest BCUT2D eigenvalue weighted by Gasteiger charge is 2.13. The fourth-order valence-corrected chi connectivity index (χ4v) is 4.09. The van der Waals surface area contributed by atoms with E-state index in [-0.39, 0.29) is 0 Å². The Labute approximate surface area is 173 Å². The normalized spacial score (nSPS) is 11.1. The first-order valence-corrected chi connectivity index (χ1v) is 9.98. The van der Waals surface area contributed by atoms with E-state index in [1.54, 1.807) is 18.4 Å². The Morgan fingerprint density at radius 3 is 2.63 bits per heavy atom. The molecular formula is C19H21ClN4OS2. The summed E-state index contributed by atoms with van der Waals surface area (Å²) < 4.78 is 10.4. The van der Waals surface area contributed by atoms with Gasteiger partial charge in [0.05, 0.1) is 18.1 Å². The lowest BCUT2D eigenvalue weighted by atomic mass is 10.2. The predicted molar refractivity (Wildman–Crippen MR) is 114 cm³/mol. The fourth-order valence-electron chi connectivity index (χ4n) is 2.77. The highest BCUT2D eigenvalue weighted by atomic mass is 35.5. The van der Waals surface area contributed by atoms with Crippen molar-refractivity contribution < 1.29 is 4.74 Å². The molecule has 0 N–H and O–H groups in total. The molecule has 8 heteroatoms. The molecule has 0 saturated carbocycles. The molecule has 0 radical (unpaired) electrons. The van der Waals surface area contributed by atoms with Gasteiger partial charge in [0.25, 0.3) is 0 Å². The standard InChI is InChI=1S/C19H21ClN4OS2/c1-4-11-23(12-16-9-10-17(20)27-16)13-24-19(26)22(2)18(21-24)14-5-7-15(25-3)8-6-14/h4-10H,1,11-13H2,2-3H3. The summed E-state index contributed by atoms with van der Waals surface area (Å²) in [6.07, 6.45) is 1.88. The van der Waals surface area contributed by atoms with Gasteiger partial charge in [-0.2, -0.15) is 5.10 Å². The Hall–Kier alpha value is -1.93. The third-order valence-electron chi connectivity index (χ3n) is 4.12. The molecule has 142 valence electrons. The average molecular weight is 421 g/mol. The molecule has 1 aromatic carbocycles. The van der Waals surface area contributed by atoms with Crippen LogP contribution >= 0.6 is 35.2 Å². The summed E-state index contributed by atoms with van der Waals surface area (Å²) in [7, 11) is 3.59. The topological polar surface area (TPSA) is 35.2 Å². The molecule has 2 aromatic heterocycles. The molecule has 3 aromatic rings. The third-order valence-corrected chi connectivity index (χ3v) is 5.82. The molecule has 0 aliphatic heterocycles. The summed E-state index contributed by atoms with van der Waals surface area (Å²) in [4.78, 5) is 3.41. The van der Waals surface area contributed by atoms with Gasteiger partial charge in [-0.1, -0.05) is 17.7 Å². The molecule has 0 atom stereocenters. The van der Waals surface area contributed by atoms with Crippen LogP contribution in [0.3, 0.4) is 0 Å². The summed E-state index contributed by atoms with van der Waals surface area (Å²) in [5.41, 5.74) is 0.989. The summed E-state index contributed by atoms with van der Waals surface area (Å²) in [5.74, 6) is 1.63. The molecule has 2 heterocycles. The molecular weight excluding hydrogens is 400 g/mol. The van der Waals surface area contributed by atoms with Crippen molar-refractivity contribution in [2.75, 3.05) is 13.7 Å². The molecule has 0 spiro atoms. The highest BCUT2D eigenvalue weighted by Crippen LogP contribution is 2.24. The first-order chi connectivity index (χ1) is 13.0. The molecule has 3 rings (SSSR count). The minimum atomic E-state index is 0.574. The van der Waals surface area contributed by atoms with Crippen LogP contribution in [-0.4, -0.2) is 32.9 Å². The number of hydrogen-bond donors (Lipinski definition) is 0. The van der Waals surface area contributed by atoms with E-state index in [1.807, 2.05) is 58.8 Å². The molecule has 0 aliphatic rings. The maximum atomic E-state index is 6.05. The Kier molecular flexibility index (Phi) is 6.49. The van der Waals surface area contributed by atoms with Crippen molar-refractivity contribution in [3.8, 4) is 17.1 Å². The minimum absolute atomic E-state index is 0.574. The number of rotatable bonds is 8. The largest absolute Gasteiger partial charge is 0.497 e.